The van der Waals surface area contributed by atoms with Gasteiger partial charge < -0.3 is 5.11 Å². The molecule has 0 aliphatic rings. The second kappa shape index (κ2) is 3.70. The number of rotatable bonds is 2. The van der Waals surface area contributed by atoms with E-state index in [0.717, 1.165) is 5.69 Å². The summed E-state index contributed by atoms with van der Waals surface area (Å²) in [4.78, 5) is 11.3. The van der Waals surface area contributed by atoms with Crippen LogP contribution < -0.4 is 5.56 Å². The standard InChI is InChI=1S/C9H14N2O2/c1-6-4-5-9(13)11(10-6)7(2)8(3)12/h4-5,7-8,12H,1-3H3. The number of aromatic nitrogens is 2. The van der Waals surface area contributed by atoms with E-state index in [4.69, 9.17) is 0 Å². The molecule has 1 N–H and O–H groups in total. The quantitative estimate of drug-likeness (QED) is 0.724. The Labute approximate surface area is 76.8 Å². The fourth-order valence-electron chi connectivity index (χ4n) is 1.02. The van der Waals surface area contributed by atoms with E-state index in [-0.39, 0.29) is 11.6 Å². The lowest BCUT2D eigenvalue weighted by Crippen LogP contribution is -2.31. The molecule has 0 fully saturated rings. The molecule has 4 nitrogen and oxygen atoms in total. The molecule has 1 aromatic heterocycles. The molecule has 0 aliphatic heterocycles. The summed E-state index contributed by atoms with van der Waals surface area (Å²) in [6.07, 6.45) is -0.577. The van der Waals surface area contributed by atoms with Crippen molar-refractivity contribution in [1.82, 2.24) is 9.78 Å². The van der Waals surface area contributed by atoms with Gasteiger partial charge in [-0.05, 0) is 26.8 Å². The van der Waals surface area contributed by atoms with Crippen LogP contribution in [0.15, 0.2) is 16.9 Å². The molecule has 13 heavy (non-hydrogen) atoms. The molecule has 0 saturated carbocycles. The molecule has 1 rings (SSSR count). The molecule has 0 aliphatic carbocycles. The molecular formula is C9H14N2O2. The average Bonchev–Trinajstić information content (AvgIpc) is 2.08. The van der Waals surface area contributed by atoms with Gasteiger partial charge in [-0.25, -0.2) is 4.68 Å². The summed E-state index contributed by atoms with van der Waals surface area (Å²) in [7, 11) is 0. The van der Waals surface area contributed by atoms with Crippen molar-refractivity contribution in [3.63, 3.8) is 0 Å². The first-order valence-electron chi connectivity index (χ1n) is 4.27. The summed E-state index contributed by atoms with van der Waals surface area (Å²) in [5.41, 5.74) is 0.589. The lowest BCUT2D eigenvalue weighted by atomic mass is 10.2. The third-order valence-corrected chi connectivity index (χ3v) is 2.04. The van der Waals surface area contributed by atoms with Gasteiger partial charge in [0.1, 0.15) is 0 Å². The van der Waals surface area contributed by atoms with Crippen molar-refractivity contribution in [3.05, 3.63) is 28.2 Å². The fourth-order valence-corrected chi connectivity index (χ4v) is 1.02. The minimum absolute atomic E-state index is 0.181. The molecule has 0 saturated heterocycles. The van der Waals surface area contributed by atoms with Gasteiger partial charge in [-0.2, -0.15) is 5.10 Å². The molecule has 1 aromatic rings. The summed E-state index contributed by atoms with van der Waals surface area (Å²) in [6.45, 7) is 5.21. The molecule has 4 heteroatoms. The molecule has 0 bridgehead atoms. The largest absolute Gasteiger partial charge is 0.391 e. The molecule has 2 unspecified atom stereocenters. The van der Waals surface area contributed by atoms with E-state index in [1.807, 2.05) is 6.92 Å². The maximum Gasteiger partial charge on any atom is 0.267 e. The van der Waals surface area contributed by atoms with Crippen molar-refractivity contribution >= 4 is 0 Å². The van der Waals surface area contributed by atoms with Gasteiger partial charge in [0, 0.05) is 6.07 Å². The van der Waals surface area contributed by atoms with E-state index < -0.39 is 6.10 Å². The zero-order chi connectivity index (χ0) is 10.0. The van der Waals surface area contributed by atoms with Crippen LogP contribution >= 0.6 is 0 Å². The van der Waals surface area contributed by atoms with Crippen LogP contribution in [0.4, 0.5) is 0 Å². The first-order valence-corrected chi connectivity index (χ1v) is 4.27. The van der Waals surface area contributed by atoms with Crippen LogP contribution in [0.25, 0.3) is 0 Å². The fraction of sp³-hybridized carbons (Fsp3) is 0.556. The number of aliphatic hydroxyl groups excluding tert-OH is 1. The van der Waals surface area contributed by atoms with Crippen molar-refractivity contribution in [2.45, 2.75) is 32.9 Å². The third kappa shape index (κ3) is 2.15. The van der Waals surface area contributed by atoms with Crippen molar-refractivity contribution in [1.29, 1.82) is 0 Å². The monoisotopic (exact) mass is 182 g/mol. The number of hydrogen-bond donors (Lipinski definition) is 1. The molecule has 1 heterocycles. The highest BCUT2D eigenvalue weighted by atomic mass is 16.3. The van der Waals surface area contributed by atoms with Crippen LogP contribution in [-0.2, 0) is 0 Å². The van der Waals surface area contributed by atoms with Gasteiger partial charge in [0.25, 0.3) is 5.56 Å². The van der Waals surface area contributed by atoms with Crippen LogP contribution in [0.3, 0.4) is 0 Å². The predicted molar refractivity (Wildman–Crippen MR) is 49.6 cm³/mol. The van der Waals surface area contributed by atoms with E-state index in [0.29, 0.717) is 0 Å². The Balaban J connectivity index is 3.13. The molecular weight excluding hydrogens is 168 g/mol. The minimum atomic E-state index is -0.577. The summed E-state index contributed by atoms with van der Waals surface area (Å²) in [6, 6.07) is 2.84. The molecule has 0 spiro atoms. The second-order valence-electron chi connectivity index (χ2n) is 3.24. The topological polar surface area (TPSA) is 55.1 Å². The van der Waals surface area contributed by atoms with Crippen LogP contribution in [0.5, 0.6) is 0 Å². The van der Waals surface area contributed by atoms with Gasteiger partial charge >= 0.3 is 0 Å². The summed E-state index contributed by atoms with van der Waals surface area (Å²) in [5, 5.41) is 13.3. The van der Waals surface area contributed by atoms with Crippen molar-refractivity contribution in [2.75, 3.05) is 0 Å². The Kier molecular flexibility index (Phi) is 2.83. The highest BCUT2D eigenvalue weighted by Crippen LogP contribution is 2.05. The normalized spacial score (nSPS) is 15.4. The first kappa shape index (κ1) is 9.92. The molecule has 2 atom stereocenters. The highest BCUT2D eigenvalue weighted by Gasteiger charge is 2.12. The Morgan fingerprint density at radius 3 is 2.62 bits per heavy atom. The summed E-state index contributed by atoms with van der Waals surface area (Å²) < 4.78 is 1.31. The van der Waals surface area contributed by atoms with Crippen LogP contribution in [0, 0.1) is 6.92 Å². The summed E-state index contributed by atoms with van der Waals surface area (Å²) in [5.74, 6) is 0. The number of aliphatic hydroxyl groups is 1. The van der Waals surface area contributed by atoms with Crippen molar-refractivity contribution < 1.29 is 5.11 Å². The van der Waals surface area contributed by atoms with Gasteiger partial charge in [-0.3, -0.25) is 4.79 Å². The van der Waals surface area contributed by atoms with Crippen molar-refractivity contribution in [2.24, 2.45) is 0 Å². The van der Waals surface area contributed by atoms with Gasteiger partial charge in [-0.1, -0.05) is 0 Å². The molecule has 72 valence electrons. The summed E-state index contributed by atoms with van der Waals surface area (Å²) >= 11 is 0. The smallest absolute Gasteiger partial charge is 0.267 e. The maximum absolute atomic E-state index is 11.3. The van der Waals surface area contributed by atoms with E-state index >= 15 is 0 Å². The van der Waals surface area contributed by atoms with Crippen LogP contribution in [0.2, 0.25) is 0 Å². The zero-order valence-corrected chi connectivity index (χ0v) is 8.06. The third-order valence-electron chi connectivity index (χ3n) is 2.04. The van der Waals surface area contributed by atoms with Crippen LogP contribution in [0.1, 0.15) is 25.6 Å². The number of hydrogen-bond acceptors (Lipinski definition) is 3. The zero-order valence-electron chi connectivity index (χ0n) is 8.06. The molecule has 0 aromatic carbocycles. The van der Waals surface area contributed by atoms with Crippen molar-refractivity contribution in [3.8, 4) is 0 Å². The Morgan fingerprint density at radius 1 is 1.46 bits per heavy atom. The van der Waals surface area contributed by atoms with E-state index in [2.05, 4.69) is 5.10 Å². The molecule has 0 amide bonds. The lowest BCUT2D eigenvalue weighted by molar-refractivity contribution is 0.129. The Morgan fingerprint density at radius 2 is 2.08 bits per heavy atom. The van der Waals surface area contributed by atoms with E-state index in [1.165, 1.54) is 10.7 Å². The van der Waals surface area contributed by atoms with Gasteiger partial charge in [-0.15, -0.1) is 0 Å². The first-order chi connectivity index (χ1) is 6.02. The van der Waals surface area contributed by atoms with Gasteiger partial charge in [0.05, 0.1) is 17.8 Å². The number of nitrogens with zero attached hydrogens (tertiary/aromatic N) is 2. The average molecular weight is 182 g/mol. The SMILES string of the molecule is Cc1ccc(=O)n(C(C)C(C)O)n1. The van der Waals surface area contributed by atoms with E-state index in [1.54, 1.807) is 19.9 Å². The van der Waals surface area contributed by atoms with E-state index in [9.17, 15) is 9.90 Å². The lowest BCUT2D eigenvalue weighted by Gasteiger charge is -2.16. The Bertz CT molecular complexity index is 344. The highest BCUT2D eigenvalue weighted by molar-refractivity contribution is 4.98. The van der Waals surface area contributed by atoms with Gasteiger partial charge in [0.2, 0.25) is 0 Å². The minimum Gasteiger partial charge on any atom is -0.391 e. The van der Waals surface area contributed by atoms with Gasteiger partial charge in [0.15, 0.2) is 0 Å². The number of aryl methyl sites for hydroxylation is 1. The van der Waals surface area contributed by atoms with Crippen LogP contribution in [-0.4, -0.2) is 21.0 Å². The Hall–Kier alpha value is -1.16. The molecule has 0 radical (unpaired) electrons. The second-order valence-corrected chi connectivity index (χ2v) is 3.24. The maximum atomic E-state index is 11.3. The predicted octanol–water partition coefficient (Wildman–Crippen LogP) is 0.494.